The largest absolute Gasteiger partial charge is 0.298 e. The Morgan fingerprint density at radius 3 is 2.78 bits per heavy atom. The van der Waals surface area contributed by atoms with Gasteiger partial charge in [0, 0.05) is 12.6 Å². The van der Waals surface area contributed by atoms with Crippen molar-refractivity contribution in [3.63, 3.8) is 0 Å². The van der Waals surface area contributed by atoms with Crippen molar-refractivity contribution in [2.75, 3.05) is 18.6 Å². The van der Waals surface area contributed by atoms with Gasteiger partial charge in [-0.1, -0.05) is 6.07 Å². The molecule has 0 bridgehead atoms. The Morgan fingerprint density at radius 2 is 2.22 bits per heavy atom. The van der Waals surface area contributed by atoms with E-state index in [9.17, 15) is 12.8 Å². The zero-order chi connectivity index (χ0) is 13.3. The van der Waals surface area contributed by atoms with E-state index in [4.69, 9.17) is 0 Å². The van der Waals surface area contributed by atoms with Crippen LogP contribution in [0.4, 0.5) is 4.39 Å². The molecule has 1 atom stereocenters. The van der Waals surface area contributed by atoms with Gasteiger partial charge in [0.2, 0.25) is 0 Å². The van der Waals surface area contributed by atoms with Crippen molar-refractivity contribution in [2.45, 2.75) is 19.0 Å². The molecule has 1 aromatic carbocycles. The van der Waals surface area contributed by atoms with Gasteiger partial charge in [0.05, 0.1) is 16.0 Å². The number of nitrogens with zero attached hydrogens (tertiary/aromatic N) is 1. The van der Waals surface area contributed by atoms with Gasteiger partial charge in [0.25, 0.3) is 0 Å². The first-order valence-corrected chi connectivity index (χ1v) is 8.33. The fourth-order valence-corrected chi connectivity index (χ4v) is 4.41. The van der Waals surface area contributed by atoms with Gasteiger partial charge in [-0.25, -0.2) is 12.8 Å². The number of benzene rings is 1. The third-order valence-corrected chi connectivity index (χ3v) is 5.61. The number of rotatable bonds is 3. The van der Waals surface area contributed by atoms with Crippen LogP contribution in [0, 0.1) is 5.82 Å². The highest BCUT2D eigenvalue weighted by Crippen LogP contribution is 2.21. The van der Waals surface area contributed by atoms with Crippen LogP contribution < -0.4 is 0 Å². The molecule has 0 saturated carbocycles. The van der Waals surface area contributed by atoms with Crippen LogP contribution in [0.5, 0.6) is 0 Å². The zero-order valence-corrected chi connectivity index (χ0v) is 12.5. The summed E-state index contributed by atoms with van der Waals surface area (Å²) in [5, 5.41) is 0. The van der Waals surface area contributed by atoms with Crippen molar-refractivity contribution in [2.24, 2.45) is 0 Å². The summed E-state index contributed by atoms with van der Waals surface area (Å²) in [6.45, 7) is 0.624. The van der Waals surface area contributed by atoms with Crippen molar-refractivity contribution in [1.29, 1.82) is 0 Å². The SMILES string of the molecule is CN(Cc1ccc(F)c(Br)c1)C1CCS(=O)(=O)C1. The Labute approximate surface area is 115 Å². The second-order valence-corrected chi connectivity index (χ2v) is 7.80. The van der Waals surface area contributed by atoms with E-state index >= 15 is 0 Å². The highest BCUT2D eigenvalue weighted by Gasteiger charge is 2.30. The predicted octanol–water partition coefficient (Wildman–Crippen LogP) is 2.21. The summed E-state index contributed by atoms with van der Waals surface area (Å²) >= 11 is 3.15. The van der Waals surface area contributed by atoms with E-state index in [1.807, 2.05) is 11.9 Å². The summed E-state index contributed by atoms with van der Waals surface area (Å²) in [5.41, 5.74) is 0.968. The van der Waals surface area contributed by atoms with Crippen molar-refractivity contribution >= 4 is 25.8 Å². The normalized spacial score (nSPS) is 22.6. The van der Waals surface area contributed by atoms with Gasteiger partial charge in [-0.05, 0) is 47.1 Å². The molecule has 0 radical (unpaired) electrons. The standard InChI is InChI=1S/C12H15BrFNO2S/c1-15(10-4-5-18(16,17)8-10)7-9-2-3-12(14)11(13)6-9/h2-3,6,10H,4-5,7-8H2,1H3. The lowest BCUT2D eigenvalue weighted by Gasteiger charge is -2.23. The molecule has 0 N–H and O–H groups in total. The zero-order valence-electron chi connectivity index (χ0n) is 10.1. The number of sulfone groups is 1. The molecule has 6 heteroatoms. The first-order valence-electron chi connectivity index (χ1n) is 5.72. The van der Waals surface area contributed by atoms with Gasteiger partial charge in [0.1, 0.15) is 5.82 Å². The van der Waals surface area contributed by atoms with Crippen LogP contribution >= 0.6 is 15.9 Å². The maximum Gasteiger partial charge on any atom is 0.151 e. The molecule has 1 heterocycles. The van der Waals surface area contributed by atoms with Crippen molar-refractivity contribution in [3.05, 3.63) is 34.1 Å². The highest BCUT2D eigenvalue weighted by atomic mass is 79.9. The predicted molar refractivity (Wildman–Crippen MR) is 72.6 cm³/mol. The highest BCUT2D eigenvalue weighted by molar-refractivity contribution is 9.10. The lowest BCUT2D eigenvalue weighted by Crippen LogP contribution is -2.32. The quantitative estimate of drug-likeness (QED) is 0.849. The lowest BCUT2D eigenvalue weighted by atomic mass is 10.1. The Balaban J connectivity index is 2.03. The van der Waals surface area contributed by atoms with Gasteiger partial charge in [-0.3, -0.25) is 4.90 Å². The maximum absolute atomic E-state index is 13.1. The third-order valence-electron chi connectivity index (χ3n) is 3.25. The fourth-order valence-electron chi connectivity index (χ4n) is 2.18. The van der Waals surface area contributed by atoms with Gasteiger partial charge in [0.15, 0.2) is 9.84 Å². The van der Waals surface area contributed by atoms with Crippen molar-refractivity contribution in [1.82, 2.24) is 4.90 Å². The second-order valence-electron chi connectivity index (χ2n) is 4.72. The Hall–Kier alpha value is -0.460. The molecule has 1 aliphatic rings. The molecule has 1 aromatic rings. The van der Waals surface area contributed by atoms with Crippen LogP contribution in [0.2, 0.25) is 0 Å². The molecule has 1 fully saturated rings. The minimum atomic E-state index is -2.86. The van der Waals surface area contributed by atoms with E-state index in [1.165, 1.54) is 6.07 Å². The van der Waals surface area contributed by atoms with Gasteiger partial charge >= 0.3 is 0 Å². The number of hydrogen-bond donors (Lipinski definition) is 0. The molecule has 18 heavy (non-hydrogen) atoms. The molecule has 1 unspecified atom stereocenters. The summed E-state index contributed by atoms with van der Waals surface area (Å²) in [4.78, 5) is 2.02. The molecular formula is C12H15BrFNO2S. The Bertz CT molecular complexity index is 547. The fraction of sp³-hybridized carbons (Fsp3) is 0.500. The van der Waals surface area contributed by atoms with E-state index in [2.05, 4.69) is 15.9 Å². The second kappa shape index (κ2) is 5.27. The summed E-state index contributed by atoms with van der Waals surface area (Å²) in [5.74, 6) is 0.214. The molecule has 1 aliphatic heterocycles. The number of halogens is 2. The van der Waals surface area contributed by atoms with Crippen LogP contribution in [-0.2, 0) is 16.4 Å². The monoisotopic (exact) mass is 335 g/mol. The minimum Gasteiger partial charge on any atom is -0.298 e. The van der Waals surface area contributed by atoms with E-state index in [-0.39, 0.29) is 23.4 Å². The van der Waals surface area contributed by atoms with Crippen LogP contribution in [0.25, 0.3) is 0 Å². The van der Waals surface area contributed by atoms with Gasteiger partial charge < -0.3 is 0 Å². The molecule has 3 nitrogen and oxygen atoms in total. The summed E-state index contributed by atoms with van der Waals surface area (Å²) in [6, 6.07) is 4.94. The first-order chi connectivity index (χ1) is 8.37. The van der Waals surface area contributed by atoms with E-state index in [0.717, 1.165) is 5.56 Å². The first kappa shape index (κ1) is 14.0. The third kappa shape index (κ3) is 3.30. The van der Waals surface area contributed by atoms with E-state index in [1.54, 1.807) is 12.1 Å². The number of hydrogen-bond acceptors (Lipinski definition) is 3. The van der Waals surface area contributed by atoms with Gasteiger partial charge in [-0.15, -0.1) is 0 Å². The molecular weight excluding hydrogens is 321 g/mol. The topological polar surface area (TPSA) is 37.4 Å². The maximum atomic E-state index is 13.1. The Morgan fingerprint density at radius 1 is 1.50 bits per heavy atom. The Kier molecular flexibility index (Phi) is 4.08. The lowest BCUT2D eigenvalue weighted by molar-refractivity contribution is 0.254. The van der Waals surface area contributed by atoms with Crippen LogP contribution in [0.3, 0.4) is 0 Å². The summed E-state index contributed by atoms with van der Waals surface area (Å²) in [7, 11) is -0.953. The molecule has 0 amide bonds. The molecule has 0 aliphatic carbocycles. The molecule has 0 spiro atoms. The van der Waals surface area contributed by atoms with Crippen LogP contribution in [0.1, 0.15) is 12.0 Å². The van der Waals surface area contributed by atoms with Crippen molar-refractivity contribution < 1.29 is 12.8 Å². The summed E-state index contributed by atoms with van der Waals surface area (Å²) in [6.07, 6.45) is 0.682. The summed E-state index contributed by atoms with van der Waals surface area (Å²) < 4.78 is 36.4. The average Bonchev–Trinajstić information content (AvgIpc) is 2.64. The van der Waals surface area contributed by atoms with E-state index < -0.39 is 9.84 Å². The average molecular weight is 336 g/mol. The molecule has 0 aromatic heterocycles. The smallest absolute Gasteiger partial charge is 0.151 e. The van der Waals surface area contributed by atoms with E-state index in [0.29, 0.717) is 17.4 Å². The molecule has 100 valence electrons. The van der Waals surface area contributed by atoms with Crippen LogP contribution in [-0.4, -0.2) is 37.9 Å². The molecule has 1 saturated heterocycles. The van der Waals surface area contributed by atoms with Crippen LogP contribution in [0.15, 0.2) is 22.7 Å². The van der Waals surface area contributed by atoms with Crippen molar-refractivity contribution in [3.8, 4) is 0 Å². The minimum absolute atomic E-state index is 0.0684. The van der Waals surface area contributed by atoms with Gasteiger partial charge in [-0.2, -0.15) is 0 Å². The molecule has 2 rings (SSSR count).